The van der Waals surface area contributed by atoms with Crippen molar-refractivity contribution < 1.29 is 9.18 Å². The Morgan fingerprint density at radius 2 is 1.83 bits per heavy atom. The number of benzene rings is 1. The van der Waals surface area contributed by atoms with Gasteiger partial charge in [-0.3, -0.25) is 4.79 Å². The first-order chi connectivity index (χ1) is 14.5. The van der Waals surface area contributed by atoms with Gasteiger partial charge in [-0.1, -0.05) is 6.07 Å². The van der Waals surface area contributed by atoms with E-state index in [1.54, 1.807) is 16.8 Å². The van der Waals surface area contributed by atoms with E-state index in [0.717, 1.165) is 35.9 Å². The number of rotatable bonds is 6. The minimum Gasteiger partial charge on any atom is -0.355 e. The molecule has 1 N–H and O–H groups in total. The van der Waals surface area contributed by atoms with Crippen LogP contribution in [-0.2, 0) is 11.2 Å². The zero-order valence-electron chi connectivity index (χ0n) is 17.2. The number of aromatic nitrogens is 4. The van der Waals surface area contributed by atoms with Crippen LogP contribution in [0.2, 0.25) is 0 Å². The summed E-state index contributed by atoms with van der Waals surface area (Å²) >= 11 is 0. The lowest BCUT2D eigenvalue weighted by atomic mass is 10.1. The summed E-state index contributed by atoms with van der Waals surface area (Å²) in [7, 11) is 0. The van der Waals surface area contributed by atoms with Gasteiger partial charge in [-0.25, -0.2) is 9.07 Å². The Bertz CT molecular complexity index is 1040. The summed E-state index contributed by atoms with van der Waals surface area (Å²) < 4.78 is 15.0. The second kappa shape index (κ2) is 8.61. The van der Waals surface area contributed by atoms with Crippen LogP contribution in [0.1, 0.15) is 36.2 Å². The molecule has 3 heterocycles. The lowest BCUT2D eigenvalue weighted by molar-refractivity contribution is -0.116. The lowest BCUT2D eigenvalue weighted by Gasteiger charge is -2.15. The monoisotopic (exact) mass is 408 g/mol. The Labute approximate surface area is 174 Å². The van der Waals surface area contributed by atoms with Gasteiger partial charge in [0.25, 0.3) is 0 Å². The molecule has 4 rings (SSSR count). The smallest absolute Gasteiger partial charge is 0.224 e. The molecule has 7 nitrogen and oxygen atoms in total. The molecule has 1 aliphatic rings. The normalized spacial score (nSPS) is 13.6. The van der Waals surface area contributed by atoms with E-state index in [1.165, 1.54) is 25.0 Å². The predicted octanol–water partition coefficient (Wildman–Crippen LogP) is 3.59. The molecule has 156 valence electrons. The molecule has 30 heavy (non-hydrogen) atoms. The molecule has 8 heteroatoms. The molecule has 1 saturated heterocycles. The Morgan fingerprint density at radius 1 is 1.10 bits per heavy atom. The van der Waals surface area contributed by atoms with Gasteiger partial charge >= 0.3 is 0 Å². The second-order valence-corrected chi connectivity index (χ2v) is 7.56. The Morgan fingerprint density at radius 3 is 2.53 bits per heavy atom. The molecule has 1 aliphatic heterocycles. The van der Waals surface area contributed by atoms with Crippen LogP contribution in [0.25, 0.3) is 5.82 Å². The average molecular weight is 408 g/mol. The van der Waals surface area contributed by atoms with E-state index < -0.39 is 0 Å². The lowest BCUT2D eigenvalue weighted by Crippen LogP contribution is -2.19. The van der Waals surface area contributed by atoms with E-state index in [2.05, 4.69) is 25.5 Å². The van der Waals surface area contributed by atoms with Gasteiger partial charge in [0.05, 0.1) is 5.69 Å². The fraction of sp³-hybridized carbons (Fsp3) is 0.364. The highest BCUT2D eigenvalue weighted by Gasteiger charge is 2.17. The third-order valence-electron chi connectivity index (χ3n) is 5.44. The van der Waals surface area contributed by atoms with Crippen LogP contribution in [-0.4, -0.2) is 39.0 Å². The average Bonchev–Trinajstić information content (AvgIpc) is 3.35. The summed E-state index contributed by atoms with van der Waals surface area (Å²) in [6, 6.07) is 9.80. The molecule has 0 aliphatic carbocycles. The van der Waals surface area contributed by atoms with Gasteiger partial charge in [-0.15, -0.1) is 10.2 Å². The highest BCUT2D eigenvalue weighted by molar-refractivity contribution is 5.90. The number of halogens is 1. The van der Waals surface area contributed by atoms with Crippen molar-refractivity contribution >= 4 is 17.4 Å². The molecule has 0 unspecified atom stereocenters. The van der Waals surface area contributed by atoms with Crippen LogP contribution in [0.5, 0.6) is 0 Å². The molecule has 1 aromatic carbocycles. The van der Waals surface area contributed by atoms with Crippen molar-refractivity contribution in [3.05, 3.63) is 59.2 Å². The molecule has 3 aromatic rings. The van der Waals surface area contributed by atoms with Gasteiger partial charge in [0.2, 0.25) is 5.91 Å². The van der Waals surface area contributed by atoms with E-state index in [0.29, 0.717) is 17.9 Å². The zero-order valence-corrected chi connectivity index (χ0v) is 17.2. The first kappa shape index (κ1) is 20.0. The quantitative estimate of drug-likeness (QED) is 0.675. The first-order valence-electron chi connectivity index (χ1n) is 10.2. The summed E-state index contributed by atoms with van der Waals surface area (Å²) in [6.45, 7) is 5.94. The highest BCUT2D eigenvalue weighted by Crippen LogP contribution is 2.21. The number of carbonyl (C=O) groups excluding carboxylic acids is 1. The van der Waals surface area contributed by atoms with E-state index in [-0.39, 0.29) is 18.1 Å². The number of anilines is 2. The Hall–Kier alpha value is -3.29. The van der Waals surface area contributed by atoms with E-state index >= 15 is 0 Å². The van der Waals surface area contributed by atoms with Crippen molar-refractivity contribution in [1.29, 1.82) is 0 Å². The fourth-order valence-electron chi connectivity index (χ4n) is 3.83. The number of amides is 1. The van der Waals surface area contributed by atoms with Gasteiger partial charge in [0.1, 0.15) is 5.82 Å². The van der Waals surface area contributed by atoms with Gasteiger partial charge < -0.3 is 10.2 Å². The number of carbonyl (C=O) groups is 1. The summed E-state index contributed by atoms with van der Waals surface area (Å²) in [5, 5.41) is 16.1. The number of nitrogens with zero attached hydrogens (tertiary/aromatic N) is 5. The number of aryl methyl sites for hydroxylation is 1. The van der Waals surface area contributed by atoms with E-state index in [9.17, 15) is 9.18 Å². The molecule has 0 atom stereocenters. The van der Waals surface area contributed by atoms with Gasteiger partial charge in [0.15, 0.2) is 11.6 Å². The topological polar surface area (TPSA) is 75.9 Å². The Kier molecular flexibility index (Phi) is 5.74. The van der Waals surface area contributed by atoms with E-state index in [4.69, 9.17) is 0 Å². The fourth-order valence-corrected chi connectivity index (χ4v) is 3.83. The third-order valence-corrected chi connectivity index (χ3v) is 5.44. The predicted molar refractivity (Wildman–Crippen MR) is 113 cm³/mol. The van der Waals surface area contributed by atoms with E-state index in [1.807, 2.05) is 26.0 Å². The molecular formula is C22H25FN6O. The molecule has 1 fully saturated rings. The molecule has 0 bridgehead atoms. The Balaban J connectivity index is 1.43. The molecule has 1 amide bonds. The molecule has 0 saturated carbocycles. The van der Waals surface area contributed by atoms with Crippen molar-refractivity contribution in [3.63, 3.8) is 0 Å². The maximum absolute atomic E-state index is 13.3. The van der Waals surface area contributed by atoms with Crippen molar-refractivity contribution in [2.24, 2.45) is 0 Å². The molecular weight excluding hydrogens is 383 g/mol. The molecule has 0 radical (unpaired) electrons. The number of hydrogen-bond donors (Lipinski definition) is 1. The summed E-state index contributed by atoms with van der Waals surface area (Å²) in [4.78, 5) is 14.5. The van der Waals surface area contributed by atoms with Crippen LogP contribution >= 0.6 is 0 Å². The van der Waals surface area contributed by atoms with Crippen molar-refractivity contribution in [3.8, 4) is 5.82 Å². The largest absolute Gasteiger partial charge is 0.355 e. The van der Waals surface area contributed by atoms with Crippen LogP contribution in [0.15, 0.2) is 36.4 Å². The van der Waals surface area contributed by atoms with Crippen LogP contribution in [0.3, 0.4) is 0 Å². The van der Waals surface area contributed by atoms with Crippen LogP contribution in [0.4, 0.5) is 15.9 Å². The van der Waals surface area contributed by atoms with Crippen molar-refractivity contribution in [2.45, 2.75) is 39.5 Å². The second-order valence-electron chi connectivity index (χ2n) is 7.56. The zero-order chi connectivity index (χ0) is 21.1. The third kappa shape index (κ3) is 4.32. The van der Waals surface area contributed by atoms with Gasteiger partial charge in [-0.2, -0.15) is 5.10 Å². The first-order valence-corrected chi connectivity index (χ1v) is 10.2. The summed E-state index contributed by atoms with van der Waals surface area (Å²) in [5.41, 5.74) is 3.26. The minimum atomic E-state index is -0.377. The number of nitrogens with one attached hydrogen (secondary N) is 1. The van der Waals surface area contributed by atoms with Gasteiger partial charge in [0, 0.05) is 30.9 Å². The van der Waals surface area contributed by atoms with Gasteiger partial charge in [-0.05, 0) is 69.0 Å². The SMILES string of the molecule is Cc1nn(-c2ccc(N3CCCC3)nn2)c(C)c1CCC(=O)Nc1cccc(F)c1. The standard InChI is InChI=1S/C22H25FN6O/c1-15-19(8-11-22(30)24-18-7-5-6-17(23)14-18)16(2)29(27-15)21-10-9-20(25-26-21)28-12-3-4-13-28/h5-7,9-10,14H,3-4,8,11-13H2,1-2H3,(H,24,30). The summed E-state index contributed by atoms with van der Waals surface area (Å²) in [5.74, 6) is 1.01. The maximum Gasteiger partial charge on any atom is 0.224 e. The molecule has 2 aromatic heterocycles. The number of hydrogen-bond acceptors (Lipinski definition) is 5. The van der Waals surface area contributed by atoms with Crippen LogP contribution in [0, 0.1) is 19.7 Å². The van der Waals surface area contributed by atoms with Crippen molar-refractivity contribution in [1.82, 2.24) is 20.0 Å². The molecule has 0 spiro atoms. The summed E-state index contributed by atoms with van der Waals surface area (Å²) in [6.07, 6.45) is 3.20. The highest BCUT2D eigenvalue weighted by atomic mass is 19.1. The van der Waals surface area contributed by atoms with Crippen LogP contribution < -0.4 is 10.2 Å². The van der Waals surface area contributed by atoms with Crippen molar-refractivity contribution in [2.75, 3.05) is 23.3 Å². The maximum atomic E-state index is 13.3. The minimum absolute atomic E-state index is 0.165.